The molecule has 1 aliphatic rings. The fraction of sp³-hybridized carbons (Fsp3) is 0.900. The van der Waals surface area contributed by atoms with Crippen molar-refractivity contribution in [3.8, 4) is 0 Å². The molecule has 1 heterocycles. The summed E-state index contributed by atoms with van der Waals surface area (Å²) in [5.41, 5.74) is 5.72. The number of hydrogen-bond acceptors (Lipinski definition) is 2. The maximum Gasteiger partial charge on any atom is 0.389 e. The van der Waals surface area contributed by atoms with Crippen LogP contribution in [-0.4, -0.2) is 36.1 Å². The summed E-state index contributed by atoms with van der Waals surface area (Å²) >= 11 is 0. The molecular formula is C10H17F3N2O. The highest BCUT2D eigenvalue weighted by Gasteiger charge is 2.31. The average Bonchev–Trinajstić information content (AvgIpc) is 2.11. The smallest absolute Gasteiger partial charge is 0.341 e. The predicted octanol–water partition coefficient (Wildman–Crippen LogP) is 1.52. The molecule has 2 atom stereocenters. The molecule has 0 aliphatic carbocycles. The van der Waals surface area contributed by atoms with Gasteiger partial charge in [0.05, 0.1) is 6.42 Å². The zero-order chi connectivity index (χ0) is 12.3. The maximum atomic E-state index is 11.9. The number of nitrogens with two attached hydrogens (primary N) is 1. The summed E-state index contributed by atoms with van der Waals surface area (Å²) < 4.78 is 35.8. The van der Waals surface area contributed by atoms with Crippen molar-refractivity contribution >= 4 is 5.91 Å². The average molecular weight is 238 g/mol. The molecule has 1 fully saturated rings. The first-order chi connectivity index (χ1) is 7.28. The molecule has 0 spiro atoms. The Labute approximate surface area is 92.8 Å². The zero-order valence-corrected chi connectivity index (χ0v) is 9.26. The van der Waals surface area contributed by atoms with Crippen LogP contribution in [0.5, 0.6) is 0 Å². The molecule has 1 saturated heterocycles. The Balaban J connectivity index is 2.41. The van der Waals surface area contributed by atoms with Crippen molar-refractivity contribution in [1.29, 1.82) is 0 Å². The van der Waals surface area contributed by atoms with Gasteiger partial charge >= 0.3 is 6.18 Å². The minimum atomic E-state index is -4.26. The second-order valence-corrected chi connectivity index (χ2v) is 4.51. The molecule has 6 heteroatoms. The van der Waals surface area contributed by atoms with Crippen LogP contribution in [0, 0.1) is 5.92 Å². The molecule has 2 N–H and O–H groups in total. The number of nitrogens with zero attached hydrogens (tertiary/aromatic N) is 1. The number of hydrogen-bond donors (Lipinski definition) is 1. The molecule has 16 heavy (non-hydrogen) atoms. The van der Waals surface area contributed by atoms with Gasteiger partial charge in [0.1, 0.15) is 0 Å². The van der Waals surface area contributed by atoms with Gasteiger partial charge in [-0.1, -0.05) is 6.92 Å². The molecule has 94 valence electrons. The quantitative estimate of drug-likeness (QED) is 0.793. The number of halogens is 3. The monoisotopic (exact) mass is 238 g/mol. The van der Waals surface area contributed by atoms with Gasteiger partial charge < -0.3 is 10.6 Å². The fourth-order valence-corrected chi connectivity index (χ4v) is 2.01. The first-order valence-corrected chi connectivity index (χ1v) is 5.38. The molecular weight excluding hydrogens is 221 g/mol. The lowest BCUT2D eigenvalue weighted by atomic mass is 9.96. The van der Waals surface area contributed by atoms with Gasteiger partial charge in [-0.25, -0.2) is 0 Å². The van der Waals surface area contributed by atoms with E-state index >= 15 is 0 Å². The van der Waals surface area contributed by atoms with Crippen molar-refractivity contribution in [2.45, 2.75) is 38.4 Å². The SMILES string of the molecule is CC1CC(N)CN(C(=O)CCC(F)(F)F)C1. The number of piperidine rings is 1. The van der Waals surface area contributed by atoms with E-state index in [-0.39, 0.29) is 12.0 Å². The lowest BCUT2D eigenvalue weighted by molar-refractivity contribution is -0.150. The summed E-state index contributed by atoms with van der Waals surface area (Å²) in [4.78, 5) is 13.0. The van der Waals surface area contributed by atoms with E-state index in [0.29, 0.717) is 13.1 Å². The number of alkyl halides is 3. The number of carbonyl (C=O) groups is 1. The maximum absolute atomic E-state index is 11.9. The second-order valence-electron chi connectivity index (χ2n) is 4.51. The van der Waals surface area contributed by atoms with Gasteiger partial charge in [-0.3, -0.25) is 4.79 Å². The largest absolute Gasteiger partial charge is 0.389 e. The van der Waals surface area contributed by atoms with Gasteiger partial charge in [-0.15, -0.1) is 0 Å². The van der Waals surface area contributed by atoms with Crippen molar-refractivity contribution in [1.82, 2.24) is 4.90 Å². The number of likely N-dealkylation sites (tertiary alicyclic amines) is 1. The van der Waals surface area contributed by atoms with Gasteiger partial charge in [-0.2, -0.15) is 13.2 Å². The topological polar surface area (TPSA) is 46.3 Å². The Morgan fingerprint density at radius 3 is 2.56 bits per heavy atom. The Morgan fingerprint density at radius 1 is 1.44 bits per heavy atom. The Bertz CT molecular complexity index is 245. The molecule has 0 aromatic carbocycles. The van der Waals surface area contributed by atoms with E-state index in [1.54, 1.807) is 0 Å². The highest BCUT2D eigenvalue weighted by molar-refractivity contribution is 5.76. The zero-order valence-electron chi connectivity index (χ0n) is 9.26. The summed E-state index contributed by atoms with van der Waals surface area (Å²) in [6.45, 7) is 2.84. The summed E-state index contributed by atoms with van der Waals surface area (Å²) in [5.74, 6) is -0.182. The van der Waals surface area contributed by atoms with E-state index in [2.05, 4.69) is 0 Å². The van der Waals surface area contributed by atoms with Crippen LogP contribution in [-0.2, 0) is 4.79 Å². The molecule has 1 aliphatic heterocycles. The highest BCUT2D eigenvalue weighted by Crippen LogP contribution is 2.23. The van der Waals surface area contributed by atoms with Gasteiger partial charge in [0, 0.05) is 25.6 Å². The second kappa shape index (κ2) is 5.03. The Morgan fingerprint density at radius 2 is 2.06 bits per heavy atom. The third-order valence-corrected chi connectivity index (χ3v) is 2.67. The van der Waals surface area contributed by atoms with Crippen LogP contribution in [0.15, 0.2) is 0 Å². The van der Waals surface area contributed by atoms with Crippen LogP contribution in [0.1, 0.15) is 26.2 Å². The van der Waals surface area contributed by atoms with Crippen LogP contribution >= 0.6 is 0 Å². The van der Waals surface area contributed by atoms with Crippen LogP contribution in [0.3, 0.4) is 0 Å². The van der Waals surface area contributed by atoms with E-state index in [0.717, 1.165) is 6.42 Å². The normalized spacial score (nSPS) is 26.9. The van der Waals surface area contributed by atoms with Crippen molar-refractivity contribution in [2.75, 3.05) is 13.1 Å². The van der Waals surface area contributed by atoms with E-state index in [4.69, 9.17) is 5.73 Å². The van der Waals surface area contributed by atoms with Crippen LogP contribution < -0.4 is 5.73 Å². The molecule has 3 nitrogen and oxygen atoms in total. The van der Waals surface area contributed by atoms with Gasteiger partial charge in [0.25, 0.3) is 0 Å². The van der Waals surface area contributed by atoms with Crippen molar-refractivity contribution in [2.24, 2.45) is 11.7 Å². The van der Waals surface area contributed by atoms with Crippen molar-refractivity contribution < 1.29 is 18.0 Å². The number of carbonyl (C=O) groups excluding carboxylic acids is 1. The standard InChI is InChI=1S/C10H17F3N2O/c1-7-4-8(14)6-15(5-7)9(16)2-3-10(11,12)13/h7-8H,2-6,14H2,1H3. The first kappa shape index (κ1) is 13.3. The summed E-state index contributed by atoms with van der Waals surface area (Å²) in [6.07, 6.45) is -4.96. The lowest BCUT2D eigenvalue weighted by Crippen LogP contribution is -2.48. The molecule has 0 saturated carbocycles. The summed E-state index contributed by atoms with van der Waals surface area (Å²) in [7, 11) is 0. The molecule has 1 rings (SSSR count). The molecule has 0 bridgehead atoms. The fourth-order valence-electron chi connectivity index (χ4n) is 2.01. The van der Waals surface area contributed by atoms with E-state index in [1.807, 2.05) is 6.92 Å². The summed E-state index contributed by atoms with van der Waals surface area (Å²) in [5, 5.41) is 0. The van der Waals surface area contributed by atoms with E-state index in [1.165, 1.54) is 4.90 Å². The number of rotatable bonds is 2. The molecule has 2 unspecified atom stereocenters. The van der Waals surface area contributed by atoms with Crippen molar-refractivity contribution in [3.63, 3.8) is 0 Å². The molecule has 0 radical (unpaired) electrons. The number of amides is 1. The lowest BCUT2D eigenvalue weighted by Gasteiger charge is -2.34. The predicted molar refractivity (Wildman–Crippen MR) is 53.6 cm³/mol. The van der Waals surface area contributed by atoms with Crippen LogP contribution in [0.4, 0.5) is 13.2 Å². The Kier molecular flexibility index (Phi) is 4.18. The van der Waals surface area contributed by atoms with Crippen LogP contribution in [0.2, 0.25) is 0 Å². The third kappa shape index (κ3) is 4.38. The van der Waals surface area contributed by atoms with Gasteiger partial charge in [0.15, 0.2) is 0 Å². The molecule has 0 aromatic heterocycles. The highest BCUT2D eigenvalue weighted by atomic mass is 19.4. The van der Waals surface area contributed by atoms with Gasteiger partial charge in [0.2, 0.25) is 5.91 Å². The third-order valence-electron chi connectivity index (χ3n) is 2.67. The molecule has 0 aromatic rings. The Hall–Kier alpha value is -0.780. The van der Waals surface area contributed by atoms with E-state index < -0.39 is 24.9 Å². The van der Waals surface area contributed by atoms with Crippen molar-refractivity contribution in [3.05, 3.63) is 0 Å². The van der Waals surface area contributed by atoms with Gasteiger partial charge in [-0.05, 0) is 12.3 Å². The van der Waals surface area contributed by atoms with E-state index in [9.17, 15) is 18.0 Å². The minimum absolute atomic E-state index is 0.112. The van der Waals surface area contributed by atoms with Crippen LogP contribution in [0.25, 0.3) is 0 Å². The summed E-state index contributed by atoms with van der Waals surface area (Å²) in [6, 6.07) is -0.112. The minimum Gasteiger partial charge on any atom is -0.341 e. The molecule has 1 amide bonds. The first-order valence-electron chi connectivity index (χ1n) is 5.38.